The molecular weight excluding hydrogens is 530 g/mol. The van der Waals surface area contributed by atoms with E-state index >= 15 is 0 Å². The van der Waals surface area contributed by atoms with E-state index in [4.69, 9.17) is 29.3 Å². The Morgan fingerprint density at radius 2 is 1.63 bits per heavy atom. The van der Waals surface area contributed by atoms with Crippen LogP contribution in [0, 0.1) is 0 Å². The van der Waals surface area contributed by atoms with Crippen molar-refractivity contribution in [2.45, 2.75) is 62.8 Å². The number of rotatable bonds is 6. The Kier molecular flexibility index (Phi) is 11.8. The molecule has 0 radical (unpaired) electrons. The van der Waals surface area contributed by atoms with Crippen LogP contribution in [0.3, 0.4) is 0 Å². The van der Waals surface area contributed by atoms with Gasteiger partial charge >= 0.3 is 24.3 Å². The minimum atomic E-state index is -5.08. The van der Waals surface area contributed by atoms with Gasteiger partial charge in [-0.1, -0.05) is 0 Å². The van der Waals surface area contributed by atoms with Crippen LogP contribution in [0.15, 0.2) is 12.4 Å². The van der Waals surface area contributed by atoms with Crippen LogP contribution in [0.1, 0.15) is 31.2 Å². The molecule has 38 heavy (non-hydrogen) atoms. The third kappa shape index (κ3) is 10.4. The molecule has 1 aliphatic carbocycles. The molecule has 3 atom stereocenters. The molecule has 0 spiro atoms. The molecule has 0 unspecified atom stereocenters. The summed E-state index contributed by atoms with van der Waals surface area (Å²) in [5.74, 6) is -5.51. The summed E-state index contributed by atoms with van der Waals surface area (Å²) in [6.07, 6.45) is -0.560. The molecule has 1 aromatic rings. The lowest BCUT2D eigenvalue weighted by molar-refractivity contribution is -0.193. The van der Waals surface area contributed by atoms with E-state index in [-0.39, 0.29) is 12.2 Å². The maximum atomic E-state index is 10.6. The fourth-order valence-corrected chi connectivity index (χ4v) is 4.49. The van der Waals surface area contributed by atoms with E-state index in [1.54, 1.807) is 0 Å². The monoisotopic (exact) mass is 562 g/mol. The molecule has 0 amide bonds. The molecule has 10 nitrogen and oxygen atoms in total. The molecule has 218 valence electrons. The van der Waals surface area contributed by atoms with Crippen LogP contribution in [0.2, 0.25) is 0 Å². The van der Waals surface area contributed by atoms with Crippen molar-refractivity contribution in [1.82, 2.24) is 19.6 Å². The lowest BCUT2D eigenvalue weighted by atomic mass is 10.1. The first-order valence-electron chi connectivity index (χ1n) is 12.0. The first-order valence-corrected chi connectivity index (χ1v) is 12.0. The van der Waals surface area contributed by atoms with Gasteiger partial charge in [0.1, 0.15) is 0 Å². The fourth-order valence-electron chi connectivity index (χ4n) is 4.49. The Hall–Kier alpha value is -2.43. The fraction of sp³-hybridized carbons (Fsp3) is 0.773. The molecule has 0 bridgehead atoms. The third-order valence-electron chi connectivity index (χ3n) is 6.22. The summed E-state index contributed by atoms with van der Waals surface area (Å²) in [5, 5.41) is 18.5. The molecular formula is C22H32F6N4O6. The van der Waals surface area contributed by atoms with E-state index in [2.05, 4.69) is 21.1 Å². The van der Waals surface area contributed by atoms with Crippen LogP contribution < -0.4 is 0 Å². The second-order valence-electron chi connectivity index (χ2n) is 9.04. The average molecular weight is 563 g/mol. The lowest BCUT2D eigenvalue weighted by Gasteiger charge is -2.39. The molecule has 16 heteroatoms. The predicted molar refractivity (Wildman–Crippen MR) is 119 cm³/mol. The molecule has 1 aromatic heterocycles. The molecule has 2 N–H and O–H groups in total. The van der Waals surface area contributed by atoms with Crippen molar-refractivity contribution in [2.24, 2.45) is 7.05 Å². The molecule has 3 aliphatic rings. The SMILES string of the molecule is Cn1cc(CN2CCO[C@H]3[C@H](OCCN4CCCC4)CC[C@@H]32)cn1.O=C(O)C(F)(F)F.O=C(O)C(F)(F)F. The van der Waals surface area contributed by atoms with E-state index in [0.29, 0.717) is 6.04 Å². The Balaban J connectivity index is 0.000000301. The van der Waals surface area contributed by atoms with Gasteiger partial charge in [-0.15, -0.1) is 0 Å². The Morgan fingerprint density at radius 1 is 1.05 bits per heavy atom. The van der Waals surface area contributed by atoms with Crippen molar-refractivity contribution in [3.8, 4) is 0 Å². The highest BCUT2D eigenvalue weighted by Crippen LogP contribution is 2.33. The Labute approximate surface area is 215 Å². The van der Waals surface area contributed by atoms with E-state index in [9.17, 15) is 26.3 Å². The maximum absolute atomic E-state index is 10.6. The number of aliphatic carboxylic acids is 2. The molecule has 1 saturated carbocycles. The van der Waals surface area contributed by atoms with Gasteiger partial charge in [-0.2, -0.15) is 31.4 Å². The summed E-state index contributed by atoms with van der Waals surface area (Å²) < 4.78 is 77.7. The Morgan fingerprint density at radius 3 is 2.13 bits per heavy atom. The van der Waals surface area contributed by atoms with Crippen molar-refractivity contribution in [3.63, 3.8) is 0 Å². The Bertz CT molecular complexity index is 866. The number of carboxylic acids is 2. The molecule has 4 rings (SSSR count). The van der Waals surface area contributed by atoms with Gasteiger partial charge in [0.2, 0.25) is 0 Å². The van der Waals surface area contributed by atoms with Crippen molar-refractivity contribution < 1.29 is 55.6 Å². The van der Waals surface area contributed by atoms with Gasteiger partial charge in [0.15, 0.2) is 0 Å². The number of alkyl halides is 6. The number of carboxylic acid groups (broad SMARTS) is 2. The third-order valence-corrected chi connectivity index (χ3v) is 6.22. The lowest BCUT2D eigenvalue weighted by Crippen LogP contribution is -2.51. The van der Waals surface area contributed by atoms with Crippen LogP contribution in [-0.2, 0) is 32.7 Å². The number of ether oxygens (including phenoxy) is 2. The van der Waals surface area contributed by atoms with Gasteiger partial charge < -0.3 is 24.6 Å². The minimum absolute atomic E-state index is 0.244. The summed E-state index contributed by atoms with van der Waals surface area (Å²) in [6, 6.07) is 0.496. The summed E-state index contributed by atoms with van der Waals surface area (Å²) in [7, 11) is 1.98. The minimum Gasteiger partial charge on any atom is -0.475 e. The number of hydrogen-bond donors (Lipinski definition) is 2. The number of morpholine rings is 1. The zero-order valence-electron chi connectivity index (χ0n) is 20.7. The second-order valence-corrected chi connectivity index (χ2v) is 9.04. The normalized spacial score (nSPS) is 24.1. The van der Waals surface area contributed by atoms with Gasteiger partial charge in [0.25, 0.3) is 0 Å². The van der Waals surface area contributed by atoms with Gasteiger partial charge in [0, 0.05) is 44.5 Å². The molecule has 3 fully saturated rings. The van der Waals surface area contributed by atoms with Crippen LogP contribution in [0.5, 0.6) is 0 Å². The van der Waals surface area contributed by atoms with Crippen LogP contribution >= 0.6 is 0 Å². The summed E-state index contributed by atoms with van der Waals surface area (Å²) in [5.41, 5.74) is 1.29. The van der Waals surface area contributed by atoms with Gasteiger partial charge in [0.05, 0.1) is 31.6 Å². The van der Waals surface area contributed by atoms with Gasteiger partial charge in [-0.05, 0) is 38.8 Å². The number of likely N-dealkylation sites (tertiary alicyclic amines) is 1. The highest BCUT2D eigenvalue weighted by Gasteiger charge is 2.43. The van der Waals surface area contributed by atoms with E-state index in [0.717, 1.165) is 39.3 Å². The largest absolute Gasteiger partial charge is 0.490 e. The molecule has 2 aliphatic heterocycles. The quantitative estimate of drug-likeness (QED) is 0.505. The smallest absolute Gasteiger partial charge is 0.475 e. The zero-order valence-corrected chi connectivity index (χ0v) is 20.7. The summed E-state index contributed by atoms with van der Waals surface area (Å²) in [4.78, 5) is 22.9. The van der Waals surface area contributed by atoms with Crippen molar-refractivity contribution in [2.75, 3.05) is 39.4 Å². The van der Waals surface area contributed by atoms with Crippen molar-refractivity contribution in [1.29, 1.82) is 0 Å². The number of carbonyl (C=O) groups is 2. The van der Waals surface area contributed by atoms with Crippen LogP contribution in [0.25, 0.3) is 0 Å². The van der Waals surface area contributed by atoms with Gasteiger partial charge in [-0.25, -0.2) is 9.59 Å². The van der Waals surface area contributed by atoms with Crippen LogP contribution in [-0.4, -0.2) is 112 Å². The number of aromatic nitrogens is 2. The second kappa shape index (κ2) is 14.1. The average Bonchev–Trinajstić information content (AvgIpc) is 3.56. The standard InChI is InChI=1S/C18H30N4O2.2C2HF3O2/c1-20-13-15(12-19-20)14-22-9-11-24-18-16(22)4-5-17(18)23-10-8-21-6-2-3-7-21;2*3-2(4,5)1(6)7/h12-13,16-18H,2-11,14H2,1H3;2*(H,6,7)/t16-,17+,18+;;/m0../s1. The van der Waals surface area contributed by atoms with Crippen molar-refractivity contribution >= 4 is 11.9 Å². The zero-order chi connectivity index (χ0) is 28.5. The van der Waals surface area contributed by atoms with E-state index in [1.807, 2.05) is 17.9 Å². The summed E-state index contributed by atoms with van der Waals surface area (Å²) in [6.45, 7) is 7.21. The van der Waals surface area contributed by atoms with E-state index < -0.39 is 24.3 Å². The number of hydrogen-bond acceptors (Lipinski definition) is 7. The number of nitrogens with zero attached hydrogens (tertiary/aromatic N) is 4. The predicted octanol–water partition coefficient (Wildman–Crippen LogP) is 2.53. The maximum Gasteiger partial charge on any atom is 0.490 e. The topological polar surface area (TPSA) is 117 Å². The first kappa shape index (κ1) is 31.8. The number of halogens is 6. The highest BCUT2D eigenvalue weighted by atomic mass is 19.4. The number of aryl methyl sites for hydroxylation is 1. The molecule has 0 aromatic carbocycles. The van der Waals surface area contributed by atoms with Crippen molar-refractivity contribution in [3.05, 3.63) is 18.0 Å². The first-order chi connectivity index (χ1) is 17.7. The van der Waals surface area contributed by atoms with E-state index in [1.165, 1.54) is 37.9 Å². The summed E-state index contributed by atoms with van der Waals surface area (Å²) >= 11 is 0. The highest BCUT2D eigenvalue weighted by molar-refractivity contribution is 5.73. The van der Waals surface area contributed by atoms with Crippen LogP contribution in [0.4, 0.5) is 26.3 Å². The molecule has 2 saturated heterocycles. The number of fused-ring (bicyclic) bond motifs is 1. The van der Waals surface area contributed by atoms with Gasteiger partial charge in [-0.3, -0.25) is 9.58 Å². The molecule has 3 heterocycles.